The van der Waals surface area contributed by atoms with E-state index in [4.69, 9.17) is 0 Å². The fourth-order valence-electron chi connectivity index (χ4n) is 1.89. The van der Waals surface area contributed by atoms with E-state index >= 15 is 0 Å². The molecule has 2 N–H and O–H groups in total. The Morgan fingerprint density at radius 3 is 3.24 bits per heavy atom. The van der Waals surface area contributed by atoms with Crippen LogP contribution in [0.2, 0.25) is 0 Å². The van der Waals surface area contributed by atoms with Gasteiger partial charge in [0.15, 0.2) is 5.82 Å². The zero-order chi connectivity index (χ0) is 11.7. The number of aromatic amines is 1. The standard InChI is InChI=1S/C9H13N7S/c1-6-5-16(3-2-10-6)9-12-8(13-14-9)7-4-11-15-17-7/h4,6,10H,2-3,5H2,1H3,(H,12,13,14)/t6-/m0/s1. The fourth-order valence-corrected chi connectivity index (χ4v) is 2.34. The average Bonchev–Trinajstić information content (AvgIpc) is 3.00. The molecule has 1 atom stereocenters. The van der Waals surface area contributed by atoms with Crippen molar-refractivity contribution in [1.82, 2.24) is 30.1 Å². The van der Waals surface area contributed by atoms with Gasteiger partial charge in [0.25, 0.3) is 0 Å². The maximum atomic E-state index is 4.47. The summed E-state index contributed by atoms with van der Waals surface area (Å²) in [7, 11) is 0. The van der Waals surface area contributed by atoms with E-state index < -0.39 is 0 Å². The van der Waals surface area contributed by atoms with Crippen molar-refractivity contribution in [2.45, 2.75) is 13.0 Å². The lowest BCUT2D eigenvalue weighted by molar-refractivity contribution is 0.480. The largest absolute Gasteiger partial charge is 0.337 e. The lowest BCUT2D eigenvalue weighted by Crippen LogP contribution is -2.49. The Morgan fingerprint density at radius 2 is 2.47 bits per heavy atom. The molecule has 0 saturated carbocycles. The number of nitrogens with one attached hydrogen (secondary N) is 2. The van der Waals surface area contributed by atoms with Crippen LogP contribution in [0.4, 0.5) is 5.95 Å². The van der Waals surface area contributed by atoms with Crippen LogP contribution in [0.15, 0.2) is 6.20 Å². The second-order valence-electron chi connectivity index (χ2n) is 4.07. The Bertz CT molecular complexity index is 479. The third-order valence-electron chi connectivity index (χ3n) is 2.72. The molecular weight excluding hydrogens is 238 g/mol. The first-order valence-corrected chi connectivity index (χ1v) is 6.29. The maximum Gasteiger partial charge on any atom is 0.245 e. The van der Waals surface area contributed by atoms with E-state index in [0.717, 1.165) is 36.3 Å². The molecule has 7 nitrogen and oxygen atoms in total. The van der Waals surface area contributed by atoms with Crippen LogP contribution in [-0.4, -0.2) is 50.4 Å². The summed E-state index contributed by atoms with van der Waals surface area (Å²) in [4.78, 5) is 7.56. The van der Waals surface area contributed by atoms with Crippen molar-refractivity contribution in [1.29, 1.82) is 0 Å². The molecule has 1 aliphatic heterocycles. The quantitative estimate of drug-likeness (QED) is 0.789. The molecule has 2 aromatic heterocycles. The van der Waals surface area contributed by atoms with Gasteiger partial charge in [0.1, 0.15) is 4.88 Å². The van der Waals surface area contributed by atoms with Gasteiger partial charge >= 0.3 is 0 Å². The van der Waals surface area contributed by atoms with E-state index in [0.29, 0.717) is 6.04 Å². The highest BCUT2D eigenvalue weighted by atomic mass is 32.1. The van der Waals surface area contributed by atoms with Gasteiger partial charge in [0.2, 0.25) is 5.95 Å². The van der Waals surface area contributed by atoms with E-state index in [9.17, 15) is 0 Å². The number of H-pyrrole nitrogens is 1. The van der Waals surface area contributed by atoms with Crippen LogP contribution in [0.25, 0.3) is 10.7 Å². The molecule has 0 spiro atoms. The van der Waals surface area contributed by atoms with Gasteiger partial charge in [-0.1, -0.05) is 4.49 Å². The molecule has 8 heteroatoms. The summed E-state index contributed by atoms with van der Waals surface area (Å²) in [5.74, 6) is 1.49. The van der Waals surface area contributed by atoms with Gasteiger partial charge < -0.3 is 10.2 Å². The Labute approximate surface area is 102 Å². The molecule has 2 aromatic rings. The van der Waals surface area contributed by atoms with Crippen molar-refractivity contribution >= 4 is 17.5 Å². The number of hydrogen-bond acceptors (Lipinski definition) is 7. The Kier molecular flexibility index (Phi) is 2.73. The minimum atomic E-state index is 0.468. The van der Waals surface area contributed by atoms with E-state index in [2.05, 4.69) is 41.9 Å². The number of hydrogen-bond donors (Lipinski definition) is 2. The van der Waals surface area contributed by atoms with Crippen molar-refractivity contribution in [2.75, 3.05) is 24.5 Å². The first kappa shape index (κ1) is 10.6. The molecule has 3 rings (SSSR count). The minimum absolute atomic E-state index is 0.468. The number of anilines is 1. The summed E-state index contributed by atoms with van der Waals surface area (Å²) in [5, 5.41) is 14.4. The topological polar surface area (TPSA) is 82.6 Å². The Balaban J connectivity index is 1.80. The number of nitrogens with zero attached hydrogens (tertiary/aromatic N) is 5. The molecule has 3 heterocycles. The predicted octanol–water partition coefficient (Wildman–Crippen LogP) is 0.121. The molecule has 0 radical (unpaired) electrons. The molecule has 0 aromatic carbocycles. The van der Waals surface area contributed by atoms with Crippen LogP contribution in [-0.2, 0) is 0 Å². The Hall–Kier alpha value is -1.54. The maximum absolute atomic E-state index is 4.47. The summed E-state index contributed by atoms with van der Waals surface area (Å²) in [6.07, 6.45) is 1.69. The van der Waals surface area contributed by atoms with Crippen molar-refractivity contribution < 1.29 is 0 Å². The van der Waals surface area contributed by atoms with Crippen LogP contribution in [0.5, 0.6) is 0 Å². The lowest BCUT2D eigenvalue weighted by atomic mass is 10.2. The molecule has 0 amide bonds. The monoisotopic (exact) mass is 251 g/mol. The third-order valence-corrected chi connectivity index (χ3v) is 3.39. The molecule has 0 bridgehead atoms. The van der Waals surface area contributed by atoms with Crippen molar-refractivity contribution in [3.8, 4) is 10.7 Å². The van der Waals surface area contributed by atoms with Crippen molar-refractivity contribution in [3.63, 3.8) is 0 Å². The highest BCUT2D eigenvalue weighted by Gasteiger charge is 2.19. The van der Waals surface area contributed by atoms with Crippen molar-refractivity contribution in [3.05, 3.63) is 6.20 Å². The summed E-state index contributed by atoms with van der Waals surface area (Å²) in [6.45, 7) is 4.99. The summed E-state index contributed by atoms with van der Waals surface area (Å²) in [6, 6.07) is 0.468. The van der Waals surface area contributed by atoms with E-state index in [1.165, 1.54) is 11.5 Å². The first-order chi connectivity index (χ1) is 8.33. The lowest BCUT2D eigenvalue weighted by Gasteiger charge is -2.30. The van der Waals surface area contributed by atoms with Gasteiger partial charge in [-0.2, -0.15) is 4.98 Å². The normalized spacial score (nSPS) is 20.8. The van der Waals surface area contributed by atoms with E-state index in [1.54, 1.807) is 6.20 Å². The van der Waals surface area contributed by atoms with E-state index in [1.807, 2.05) is 0 Å². The van der Waals surface area contributed by atoms with Crippen LogP contribution in [0, 0.1) is 0 Å². The predicted molar refractivity (Wildman–Crippen MR) is 65.0 cm³/mol. The molecule has 0 aliphatic carbocycles. The van der Waals surface area contributed by atoms with Gasteiger partial charge in [0, 0.05) is 25.7 Å². The van der Waals surface area contributed by atoms with Gasteiger partial charge in [-0.05, 0) is 18.5 Å². The number of piperazine rings is 1. The van der Waals surface area contributed by atoms with Crippen LogP contribution >= 0.6 is 11.5 Å². The first-order valence-electron chi connectivity index (χ1n) is 5.51. The smallest absolute Gasteiger partial charge is 0.245 e. The summed E-state index contributed by atoms with van der Waals surface area (Å²) >= 11 is 1.31. The highest BCUT2D eigenvalue weighted by Crippen LogP contribution is 2.19. The van der Waals surface area contributed by atoms with Crippen LogP contribution in [0.1, 0.15) is 6.92 Å². The zero-order valence-corrected chi connectivity index (χ0v) is 10.2. The van der Waals surface area contributed by atoms with Crippen LogP contribution < -0.4 is 10.2 Å². The molecular formula is C9H13N7S. The molecule has 0 unspecified atom stereocenters. The molecule has 1 saturated heterocycles. The fraction of sp³-hybridized carbons (Fsp3) is 0.556. The third kappa shape index (κ3) is 2.13. The van der Waals surface area contributed by atoms with Gasteiger partial charge in [-0.15, -0.1) is 10.2 Å². The zero-order valence-electron chi connectivity index (χ0n) is 9.42. The average molecular weight is 251 g/mol. The molecule has 17 heavy (non-hydrogen) atoms. The Morgan fingerprint density at radius 1 is 1.53 bits per heavy atom. The number of rotatable bonds is 2. The van der Waals surface area contributed by atoms with Gasteiger partial charge in [-0.25, -0.2) is 0 Å². The van der Waals surface area contributed by atoms with Crippen molar-refractivity contribution in [2.24, 2.45) is 0 Å². The SMILES string of the molecule is C[C@H]1CN(c2n[nH]c(-c3cnns3)n2)CCN1. The second kappa shape index (κ2) is 4.38. The number of aromatic nitrogens is 5. The minimum Gasteiger partial charge on any atom is -0.337 e. The molecule has 1 aliphatic rings. The van der Waals surface area contributed by atoms with Crippen LogP contribution in [0.3, 0.4) is 0 Å². The summed E-state index contributed by atoms with van der Waals surface area (Å²) in [5.41, 5.74) is 0. The highest BCUT2D eigenvalue weighted by molar-refractivity contribution is 7.09. The second-order valence-corrected chi connectivity index (χ2v) is 4.85. The van der Waals surface area contributed by atoms with E-state index in [-0.39, 0.29) is 0 Å². The van der Waals surface area contributed by atoms with Gasteiger partial charge in [-0.3, -0.25) is 5.10 Å². The summed E-state index contributed by atoms with van der Waals surface area (Å²) < 4.78 is 3.81. The molecule has 90 valence electrons. The van der Waals surface area contributed by atoms with Gasteiger partial charge in [0.05, 0.1) is 6.20 Å². The molecule has 1 fully saturated rings.